The van der Waals surface area contributed by atoms with Gasteiger partial charge in [-0.25, -0.2) is 9.97 Å². The van der Waals surface area contributed by atoms with Crippen LogP contribution in [0.15, 0.2) is 59.3 Å². The van der Waals surface area contributed by atoms with E-state index in [2.05, 4.69) is 20.2 Å². The van der Waals surface area contributed by atoms with Gasteiger partial charge in [0.2, 0.25) is 5.71 Å². The number of fused-ring (bicyclic) bond motifs is 1. The predicted molar refractivity (Wildman–Crippen MR) is 130 cm³/mol. The van der Waals surface area contributed by atoms with E-state index in [-0.39, 0.29) is 0 Å². The van der Waals surface area contributed by atoms with E-state index in [9.17, 15) is 4.79 Å². The minimum absolute atomic E-state index is 0.504. The summed E-state index contributed by atoms with van der Waals surface area (Å²) in [5.74, 6) is 2.17. The highest BCUT2D eigenvalue weighted by Gasteiger charge is 2.22. The van der Waals surface area contributed by atoms with Gasteiger partial charge < -0.3 is 19.2 Å². The molecule has 8 heteroatoms. The lowest BCUT2D eigenvalue weighted by molar-refractivity contribution is 0.0398. The molecule has 1 N–H and O–H groups in total. The van der Waals surface area contributed by atoms with E-state index >= 15 is 0 Å². The Kier molecular flexibility index (Phi) is 6.51. The molecule has 34 heavy (non-hydrogen) atoms. The smallest absolute Gasteiger partial charge is 0.232 e. The first-order valence-electron chi connectivity index (χ1n) is 11.3. The van der Waals surface area contributed by atoms with Crippen LogP contribution in [0.5, 0.6) is 5.75 Å². The first-order chi connectivity index (χ1) is 16.8. The van der Waals surface area contributed by atoms with Crippen LogP contribution in [-0.2, 0) is 4.74 Å². The molecule has 0 atom stereocenters. The normalized spacial score (nSPS) is 14.3. The number of anilines is 1. The summed E-state index contributed by atoms with van der Waals surface area (Å²) in [6, 6.07) is 15.2. The number of carbonyl (C=O) groups excluding carboxylic acids is 1. The second-order valence-corrected chi connectivity index (χ2v) is 8.06. The first kappa shape index (κ1) is 22.1. The van der Waals surface area contributed by atoms with Crippen molar-refractivity contribution in [2.45, 2.75) is 0 Å². The van der Waals surface area contributed by atoms with Gasteiger partial charge in [0, 0.05) is 42.9 Å². The molecule has 1 aliphatic heterocycles. The van der Waals surface area contributed by atoms with Crippen LogP contribution >= 0.6 is 0 Å². The van der Waals surface area contributed by atoms with Crippen molar-refractivity contribution in [3.63, 3.8) is 0 Å². The third-order valence-corrected chi connectivity index (χ3v) is 6.00. The Morgan fingerprint density at radius 3 is 2.47 bits per heavy atom. The highest BCUT2D eigenvalue weighted by Crippen LogP contribution is 2.42. The highest BCUT2D eigenvalue weighted by atomic mass is 16.5. The van der Waals surface area contributed by atoms with E-state index in [4.69, 9.17) is 13.9 Å². The lowest BCUT2D eigenvalue weighted by atomic mass is 9.98. The van der Waals surface area contributed by atoms with Gasteiger partial charge in [0.25, 0.3) is 0 Å². The fourth-order valence-electron chi connectivity index (χ4n) is 4.17. The number of aldehydes is 1. The summed E-state index contributed by atoms with van der Waals surface area (Å²) in [6.07, 6.45) is 2.34. The maximum absolute atomic E-state index is 11.1. The summed E-state index contributed by atoms with van der Waals surface area (Å²) < 4.78 is 17.1. The molecule has 1 aliphatic rings. The van der Waals surface area contributed by atoms with Gasteiger partial charge in [-0.2, -0.15) is 0 Å². The number of hydrogen-bond acceptors (Lipinski definition) is 8. The van der Waals surface area contributed by atoms with Crippen molar-refractivity contribution in [1.82, 2.24) is 14.9 Å². The third kappa shape index (κ3) is 4.50. The Labute approximate surface area is 197 Å². The van der Waals surface area contributed by atoms with Gasteiger partial charge >= 0.3 is 0 Å². The van der Waals surface area contributed by atoms with Crippen molar-refractivity contribution in [1.29, 1.82) is 0 Å². The number of rotatable bonds is 8. The summed E-state index contributed by atoms with van der Waals surface area (Å²) in [4.78, 5) is 22.5. The average molecular weight is 459 g/mol. The largest absolute Gasteiger partial charge is 0.497 e. The minimum atomic E-state index is 0.504. The lowest BCUT2D eigenvalue weighted by Crippen LogP contribution is -2.39. The summed E-state index contributed by atoms with van der Waals surface area (Å²) in [7, 11) is 1.65. The maximum atomic E-state index is 11.1. The topological polar surface area (TPSA) is 89.7 Å². The standard InChI is InChI=1S/C26H26N4O4/c1-32-21-8-6-19(7-9-21)22-23-25(27-10-11-30-12-14-33-15-13-30)28-17-29-26(23)34-24(22)20-4-2-18(16-31)3-5-20/h2-9,16-17H,10-15H2,1H3,(H,27,28,29). The van der Waals surface area contributed by atoms with E-state index in [0.29, 0.717) is 17.0 Å². The first-order valence-corrected chi connectivity index (χ1v) is 11.3. The van der Waals surface area contributed by atoms with Gasteiger partial charge in [0.15, 0.2) is 0 Å². The van der Waals surface area contributed by atoms with Crippen LogP contribution < -0.4 is 10.1 Å². The third-order valence-electron chi connectivity index (χ3n) is 6.00. The number of nitrogens with one attached hydrogen (secondary N) is 1. The molecule has 0 bridgehead atoms. The molecule has 1 saturated heterocycles. The van der Waals surface area contributed by atoms with Gasteiger partial charge in [-0.15, -0.1) is 0 Å². The number of methoxy groups -OCH3 is 1. The van der Waals surface area contributed by atoms with Gasteiger partial charge in [-0.05, 0) is 17.7 Å². The van der Waals surface area contributed by atoms with Crippen LogP contribution in [0.1, 0.15) is 10.4 Å². The summed E-state index contributed by atoms with van der Waals surface area (Å²) >= 11 is 0. The zero-order chi connectivity index (χ0) is 23.3. The van der Waals surface area contributed by atoms with E-state index in [0.717, 1.165) is 79.3 Å². The van der Waals surface area contributed by atoms with Crippen molar-refractivity contribution in [2.24, 2.45) is 0 Å². The Hall–Kier alpha value is -3.75. The fourth-order valence-corrected chi connectivity index (χ4v) is 4.17. The number of hydrogen-bond donors (Lipinski definition) is 1. The molecular formula is C26H26N4O4. The Morgan fingerprint density at radius 2 is 1.76 bits per heavy atom. The molecular weight excluding hydrogens is 432 g/mol. The molecule has 0 unspecified atom stereocenters. The molecule has 0 spiro atoms. The van der Waals surface area contributed by atoms with Crippen molar-refractivity contribution in [2.75, 3.05) is 51.8 Å². The zero-order valence-corrected chi connectivity index (χ0v) is 19.0. The second-order valence-electron chi connectivity index (χ2n) is 8.06. The van der Waals surface area contributed by atoms with Crippen LogP contribution in [0.3, 0.4) is 0 Å². The molecule has 5 rings (SSSR count). The van der Waals surface area contributed by atoms with Crippen LogP contribution in [0.2, 0.25) is 0 Å². The van der Waals surface area contributed by atoms with Gasteiger partial charge in [0.05, 0.1) is 25.7 Å². The number of ether oxygens (including phenoxy) is 2. The van der Waals surface area contributed by atoms with Crippen molar-refractivity contribution in [3.8, 4) is 28.2 Å². The maximum Gasteiger partial charge on any atom is 0.232 e. The molecule has 0 radical (unpaired) electrons. The zero-order valence-electron chi connectivity index (χ0n) is 19.0. The van der Waals surface area contributed by atoms with Gasteiger partial charge in [-0.3, -0.25) is 9.69 Å². The molecule has 0 saturated carbocycles. The van der Waals surface area contributed by atoms with Crippen LogP contribution in [0.4, 0.5) is 5.82 Å². The predicted octanol–water partition coefficient (Wildman–Crippen LogP) is 4.12. The molecule has 1 fully saturated rings. The van der Waals surface area contributed by atoms with Crippen molar-refractivity contribution in [3.05, 3.63) is 60.4 Å². The van der Waals surface area contributed by atoms with E-state index < -0.39 is 0 Å². The summed E-state index contributed by atoms with van der Waals surface area (Å²) in [5, 5.41) is 4.31. The number of benzene rings is 2. The molecule has 3 heterocycles. The Morgan fingerprint density at radius 1 is 1.03 bits per heavy atom. The lowest BCUT2D eigenvalue weighted by Gasteiger charge is -2.26. The molecule has 174 valence electrons. The number of carbonyl (C=O) groups is 1. The number of furan rings is 1. The molecule has 8 nitrogen and oxygen atoms in total. The fraction of sp³-hybridized carbons (Fsp3) is 0.269. The number of morpholine rings is 1. The van der Waals surface area contributed by atoms with Crippen molar-refractivity contribution >= 4 is 23.2 Å². The summed E-state index contributed by atoms with van der Waals surface area (Å²) in [6.45, 7) is 5.04. The molecule has 0 aliphatic carbocycles. The Balaban J connectivity index is 1.56. The quantitative estimate of drug-likeness (QED) is 0.395. The monoisotopic (exact) mass is 458 g/mol. The van der Waals surface area contributed by atoms with E-state index in [1.54, 1.807) is 19.2 Å². The molecule has 4 aromatic rings. The highest BCUT2D eigenvalue weighted by molar-refractivity contribution is 6.06. The second kappa shape index (κ2) is 10.0. The molecule has 2 aromatic heterocycles. The molecule has 2 aromatic carbocycles. The van der Waals surface area contributed by atoms with E-state index in [1.807, 2.05) is 36.4 Å². The Bertz CT molecular complexity index is 1260. The van der Waals surface area contributed by atoms with Crippen LogP contribution in [0, 0.1) is 0 Å². The van der Waals surface area contributed by atoms with Crippen LogP contribution in [0.25, 0.3) is 33.6 Å². The average Bonchev–Trinajstić information content (AvgIpc) is 3.30. The van der Waals surface area contributed by atoms with Crippen LogP contribution in [-0.4, -0.2) is 67.7 Å². The van der Waals surface area contributed by atoms with E-state index in [1.165, 1.54) is 6.33 Å². The SMILES string of the molecule is COc1ccc(-c2c(-c3ccc(C=O)cc3)oc3ncnc(NCCN4CCOCC4)c23)cc1. The molecule has 0 amide bonds. The van der Waals surface area contributed by atoms with Gasteiger partial charge in [-0.1, -0.05) is 36.4 Å². The van der Waals surface area contributed by atoms with Crippen molar-refractivity contribution < 1.29 is 18.7 Å². The number of aromatic nitrogens is 2. The number of nitrogens with zero attached hydrogens (tertiary/aromatic N) is 3. The summed E-state index contributed by atoms with van der Waals surface area (Å²) in [5.41, 5.74) is 3.82. The minimum Gasteiger partial charge on any atom is -0.497 e. The van der Waals surface area contributed by atoms with Gasteiger partial charge in [0.1, 0.15) is 29.9 Å².